The summed E-state index contributed by atoms with van der Waals surface area (Å²) >= 11 is 0. The van der Waals surface area contributed by atoms with Crippen LogP contribution in [0.1, 0.15) is 58.0 Å². The molecule has 4 nitrogen and oxygen atoms in total. The first kappa shape index (κ1) is 12.4. The van der Waals surface area contributed by atoms with E-state index in [9.17, 15) is 4.79 Å². The fourth-order valence-corrected chi connectivity index (χ4v) is 3.48. The highest BCUT2D eigenvalue weighted by atomic mass is 16.2. The van der Waals surface area contributed by atoms with Gasteiger partial charge in [0, 0.05) is 12.0 Å². The Labute approximate surface area is 120 Å². The molecule has 20 heavy (non-hydrogen) atoms. The molecule has 4 rings (SSSR count). The van der Waals surface area contributed by atoms with Gasteiger partial charge in [0.2, 0.25) is 5.91 Å². The lowest BCUT2D eigenvalue weighted by Gasteiger charge is -2.35. The first-order valence-corrected chi connectivity index (χ1v) is 7.72. The zero-order valence-electron chi connectivity index (χ0n) is 12.8. The first-order chi connectivity index (χ1) is 9.33. The van der Waals surface area contributed by atoms with Gasteiger partial charge in [0.05, 0.1) is 29.4 Å². The van der Waals surface area contributed by atoms with Crippen LogP contribution >= 0.6 is 0 Å². The molecule has 0 N–H and O–H groups in total. The molecule has 4 heteroatoms. The van der Waals surface area contributed by atoms with E-state index >= 15 is 0 Å². The van der Waals surface area contributed by atoms with Gasteiger partial charge in [-0.3, -0.25) is 9.48 Å². The third kappa shape index (κ3) is 1.54. The zero-order valence-corrected chi connectivity index (χ0v) is 12.8. The average molecular weight is 273 g/mol. The predicted molar refractivity (Wildman–Crippen MR) is 76.2 cm³/mol. The third-order valence-electron chi connectivity index (χ3n) is 5.40. The zero-order chi connectivity index (χ0) is 14.3. The van der Waals surface area contributed by atoms with Gasteiger partial charge in [-0.15, -0.1) is 0 Å². The van der Waals surface area contributed by atoms with Gasteiger partial charge in [-0.1, -0.05) is 20.8 Å². The van der Waals surface area contributed by atoms with Crippen LogP contribution in [0.3, 0.4) is 0 Å². The molecule has 0 saturated heterocycles. The van der Waals surface area contributed by atoms with E-state index in [-0.39, 0.29) is 16.9 Å². The summed E-state index contributed by atoms with van der Waals surface area (Å²) in [7, 11) is 0. The number of carbonyl (C=O) groups excluding carboxylic acids is 1. The highest BCUT2D eigenvalue weighted by Crippen LogP contribution is 2.76. The lowest BCUT2D eigenvalue weighted by molar-refractivity contribution is -0.138. The molecule has 0 spiro atoms. The molecular weight excluding hydrogens is 250 g/mol. The summed E-state index contributed by atoms with van der Waals surface area (Å²) in [5.74, 6) is 1.12. The highest BCUT2D eigenvalue weighted by molar-refractivity contribution is 5.90. The summed E-state index contributed by atoms with van der Waals surface area (Å²) in [6, 6.07) is 2.36. The molecule has 2 fully saturated rings. The Balaban J connectivity index is 1.63. The second kappa shape index (κ2) is 3.46. The molecule has 1 aliphatic heterocycles. The lowest BCUT2D eigenvalue weighted by atomic mass is 9.92. The largest absolute Gasteiger partial charge is 0.332 e. The van der Waals surface area contributed by atoms with Crippen LogP contribution in [0.4, 0.5) is 0 Å². The Morgan fingerprint density at radius 1 is 1.35 bits per heavy atom. The van der Waals surface area contributed by atoms with Gasteiger partial charge in [0.15, 0.2) is 0 Å². The Morgan fingerprint density at radius 2 is 2.00 bits per heavy atom. The van der Waals surface area contributed by atoms with Crippen molar-refractivity contribution in [2.45, 2.75) is 58.5 Å². The van der Waals surface area contributed by atoms with E-state index in [1.165, 1.54) is 5.69 Å². The van der Waals surface area contributed by atoms with E-state index in [1.807, 2.05) is 0 Å². The van der Waals surface area contributed by atoms with Crippen molar-refractivity contribution in [2.75, 3.05) is 6.54 Å². The molecule has 0 aromatic carbocycles. The fraction of sp³-hybridized carbons (Fsp3) is 0.750. The monoisotopic (exact) mass is 273 g/mol. The van der Waals surface area contributed by atoms with Gasteiger partial charge in [0.1, 0.15) is 0 Å². The van der Waals surface area contributed by atoms with E-state index in [0.29, 0.717) is 5.91 Å². The molecule has 1 unspecified atom stereocenters. The molecule has 2 saturated carbocycles. The maximum Gasteiger partial charge on any atom is 0.229 e. The van der Waals surface area contributed by atoms with Gasteiger partial charge >= 0.3 is 0 Å². The van der Waals surface area contributed by atoms with E-state index in [1.54, 1.807) is 0 Å². The van der Waals surface area contributed by atoms with Crippen LogP contribution in [0.25, 0.3) is 0 Å². The number of aromatic nitrogens is 2. The van der Waals surface area contributed by atoms with Crippen molar-refractivity contribution in [2.24, 2.45) is 11.3 Å². The van der Waals surface area contributed by atoms with Gasteiger partial charge in [-0.05, 0) is 31.7 Å². The standard InChI is InChI=1S/C16H23N3O/c1-10-12-7-13(15(2,3)4)17-19(12)6-5-18(10)14(20)16-8-11(16)9-16/h7,10-11H,5-6,8-9H2,1-4H3. The van der Waals surface area contributed by atoms with Crippen LogP contribution in [0, 0.1) is 11.3 Å². The van der Waals surface area contributed by atoms with Gasteiger partial charge < -0.3 is 4.90 Å². The second-order valence-corrected chi connectivity index (χ2v) is 7.86. The van der Waals surface area contributed by atoms with E-state index in [0.717, 1.165) is 37.5 Å². The van der Waals surface area contributed by atoms with Gasteiger partial charge in [0.25, 0.3) is 0 Å². The van der Waals surface area contributed by atoms with Crippen LogP contribution < -0.4 is 0 Å². The molecule has 1 aromatic rings. The Bertz CT molecular complexity index is 589. The number of carbonyl (C=O) groups is 1. The van der Waals surface area contributed by atoms with Crippen LogP contribution in [0.15, 0.2) is 6.07 Å². The normalized spacial score (nSPS) is 34.5. The Kier molecular flexibility index (Phi) is 2.15. The quantitative estimate of drug-likeness (QED) is 0.788. The van der Waals surface area contributed by atoms with E-state index < -0.39 is 0 Å². The summed E-state index contributed by atoms with van der Waals surface area (Å²) in [6.45, 7) is 10.4. The number of hydrogen-bond donors (Lipinski definition) is 0. The minimum absolute atomic E-state index is 0.0651. The number of amides is 1. The minimum Gasteiger partial charge on any atom is -0.332 e. The highest BCUT2D eigenvalue weighted by Gasteiger charge is 2.75. The topological polar surface area (TPSA) is 38.1 Å². The third-order valence-corrected chi connectivity index (χ3v) is 5.40. The minimum atomic E-state index is 0.0651. The van der Waals surface area contributed by atoms with Crippen molar-refractivity contribution in [3.05, 3.63) is 17.5 Å². The molecule has 1 aromatic heterocycles. The first-order valence-electron chi connectivity index (χ1n) is 7.72. The lowest BCUT2D eigenvalue weighted by Crippen LogP contribution is -2.43. The van der Waals surface area contributed by atoms with Crippen LogP contribution in [0.5, 0.6) is 0 Å². The summed E-state index contributed by atoms with van der Waals surface area (Å²) in [6.07, 6.45) is 2.28. The predicted octanol–water partition coefficient (Wildman–Crippen LogP) is 2.49. The smallest absolute Gasteiger partial charge is 0.229 e. The Morgan fingerprint density at radius 3 is 2.55 bits per heavy atom. The molecular formula is C16H23N3O. The fourth-order valence-electron chi connectivity index (χ4n) is 3.48. The maximum absolute atomic E-state index is 12.6. The second-order valence-electron chi connectivity index (χ2n) is 7.86. The maximum atomic E-state index is 12.6. The molecule has 1 amide bonds. The van der Waals surface area contributed by atoms with Crippen LogP contribution in [0.2, 0.25) is 0 Å². The number of nitrogens with zero attached hydrogens (tertiary/aromatic N) is 3. The summed E-state index contributed by atoms with van der Waals surface area (Å²) in [5.41, 5.74) is 2.48. The molecule has 3 aliphatic rings. The van der Waals surface area contributed by atoms with E-state index in [4.69, 9.17) is 5.10 Å². The number of rotatable bonds is 1. The molecule has 2 aliphatic carbocycles. The summed E-state index contributed by atoms with van der Waals surface area (Å²) in [4.78, 5) is 14.7. The van der Waals surface area contributed by atoms with Gasteiger partial charge in [-0.2, -0.15) is 5.10 Å². The molecule has 108 valence electrons. The molecule has 2 heterocycles. The Hall–Kier alpha value is -1.32. The summed E-state index contributed by atoms with van der Waals surface area (Å²) < 4.78 is 2.10. The van der Waals surface area contributed by atoms with Crippen molar-refractivity contribution in [1.29, 1.82) is 0 Å². The number of fused-ring (bicyclic) bond motifs is 2. The molecule has 0 bridgehead atoms. The molecule has 1 atom stereocenters. The number of hydrogen-bond acceptors (Lipinski definition) is 2. The SMILES string of the molecule is CC1c2cc(C(C)(C)C)nn2CCN1C(=O)C12CC1C2. The van der Waals surface area contributed by atoms with Crippen molar-refractivity contribution < 1.29 is 4.79 Å². The van der Waals surface area contributed by atoms with E-state index in [2.05, 4.69) is 43.3 Å². The summed E-state index contributed by atoms with van der Waals surface area (Å²) in [5, 5.41) is 4.73. The van der Waals surface area contributed by atoms with Crippen molar-refractivity contribution in [1.82, 2.24) is 14.7 Å². The van der Waals surface area contributed by atoms with Crippen molar-refractivity contribution in [3.63, 3.8) is 0 Å². The average Bonchev–Trinajstić information content (AvgIpc) is 3.15. The molecule has 0 radical (unpaired) electrons. The van der Waals surface area contributed by atoms with Crippen molar-refractivity contribution >= 4 is 5.91 Å². The van der Waals surface area contributed by atoms with Crippen LogP contribution in [-0.2, 0) is 16.8 Å². The van der Waals surface area contributed by atoms with Crippen molar-refractivity contribution in [3.8, 4) is 0 Å². The van der Waals surface area contributed by atoms with Crippen LogP contribution in [-0.4, -0.2) is 27.1 Å². The van der Waals surface area contributed by atoms with Gasteiger partial charge in [-0.25, -0.2) is 0 Å².